The van der Waals surface area contributed by atoms with Crippen LogP contribution >= 0.6 is 0 Å². The first-order valence-corrected chi connectivity index (χ1v) is 8.76. The molecule has 0 bridgehead atoms. The largest absolute Gasteiger partial charge is 0.381 e. The molecule has 2 atom stereocenters. The molecular formula is C18H36N2O. The average molecular weight is 296 g/mol. The van der Waals surface area contributed by atoms with Gasteiger partial charge < -0.3 is 10.1 Å². The number of rotatable bonds is 3. The lowest BCUT2D eigenvalue weighted by atomic mass is 9.79. The van der Waals surface area contributed by atoms with Crippen molar-refractivity contribution in [1.82, 2.24) is 10.2 Å². The average Bonchev–Trinajstić information content (AvgIpc) is 2.37. The van der Waals surface area contributed by atoms with E-state index in [-0.39, 0.29) is 0 Å². The Hall–Kier alpha value is -0.120. The van der Waals surface area contributed by atoms with Gasteiger partial charge in [0.25, 0.3) is 0 Å². The van der Waals surface area contributed by atoms with E-state index < -0.39 is 0 Å². The number of nitrogens with one attached hydrogen (secondary N) is 1. The number of nitrogens with zero attached hydrogens (tertiary/aromatic N) is 1. The molecule has 2 saturated heterocycles. The molecule has 2 heterocycles. The fourth-order valence-electron chi connectivity index (χ4n) is 3.76. The lowest BCUT2D eigenvalue weighted by Gasteiger charge is -2.49. The maximum Gasteiger partial charge on any atom is 0.0471 e. The summed E-state index contributed by atoms with van der Waals surface area (Å²) in [5.74, 6) is 0.710. The van der Waals surface area contributed by atoms with E-state index in [1.54, 1.807) is 0 Å². The van der Waals surface area contributed by atoms with Crippen LogP contribution in [0, 0.1) is 16.7 Å². The number of ether oxygens (including phenoxy) is 1. The van der Waals surface area contributed by atoms with Crippen molar-refractivity contribution < 1.29 is 4.74 Å². The second-order valence-corrected chi connectivity index (χ2v) is 8.99. The van der Waals surface area contributed by atoms with Gasteiger partial charge in [0, 0.05) is 44.9 Å². The topological polar surface area (TPSA) is 24.5 Å². The third-order valence-corrected chi connectivity index (χ3v) is 5.56. The summed E-state index contributed by atoms with van der Waals surface area (Å²) in [5, 5.41) is 3.80. The first-order valence-electron chi connectivity index (χ1n) is 8.76. The highest BCUT2D eigenvalue weighted by Gasteiger charge is 2.39. The maximum atomic E-state index is 5.57. The Kier molecular flexibility index (Phi) is 5.38. The zero-order chi connectivity index (χ0) is 15.7. The van der Waals surface area contributed by atoms with Gasteiger partial charge in [0.05, 0.1) is 0 Å². The van der Waals surface area contributed by atoms with Crippen molar-refractivity contribution in [2.75, 3.05) is 32.8 Å². The van der Waals surface area contributed by atoms with Gasteiger partial charge in [-0.05, 0) is 29.6 Å². The molecule has 2 fully saturated rings. The van der Waals surface area contributed by atoms with Crippen molar-refractivity contribution in [1.29, 1.82) is 0 Å². The zero-order valence-electron chi connectivity index (χ0n) is 15.0. The molecule has 2 rings (SSSR count). The lowest BCUT2D eigenvalue weighted by Crippen LogP contribution is -2.63. The van der Waals surface area contributed by atoms with Crippen molar-refractivity contribution in [2.45, 2.75) is 66.5 Å². The van der Waals surface area contributed by atoms with Crippen molar-refractivity contribution in [3.63, 3.8) is 0 Å². The van der Waals surface area contributed by atoms with E-state index in [1.165, 1.54) is 25.9 Å². The van der Waals surface area contributed by atoms with E-state index >= 15 is 0 Å². The highest BCUT2D eigenvalue weighted by Crippen LogP contribution is 2.34. The predicted molar refractivity (Wildman–Crippen MR) is 89.6 cm³/mol. The number of hydrogen-bond donors (Lipinski definition) is 1. The molecular weight excluding hydrogens is 260 g/mol. The Morgan fingerprint density at radius 1 is 1.24 bits per heavy atom. The SMILES string of the molecule is CC(C)C1CNC(C(C)(C)C)CN1CC1(C)CCOCC1. The van der Waals surface area contributed by atoms with Gasteiger partial charge >= 0.3 is 0 Å². The van der Waals surface area contributed by atoms with Crippen LogP contribution in [0.1, 0.15) is 54.4 Å². The summed E-state index contributed by atoms with van der Waals surface area (Å²) in [7, 11) is 0. The Labute approximate surface area is 131 Å². The summed E-state index contributed by atoms with van der Waals surface area (Å²) < 4.78 is 5.57. The Morgan fingerprint density at radius 2 is 1.86 bits per heavy atom. The third kappa shape index (κ3) is 4.43. The molecule has 0 aromatic carbocycles. The van der Waals surface area contributed by atoms with Gasteiger partial charge in [-0.3, -0.25) is 4.90 Å². The second kappa shape index (κ2) is 6.55. The molecule has 0 spiro atoms. The normalized spacial score (nSPS) is 31.6. The first kappa shape index (κ1) is 17.2. The number of hydrogen-bond acceptors (Lipinski definition) is 3. The van der Waals surface area contributed by atoms with Gasteiger partial charge in [0.15, 0.2) is 0 Å². The van der Waals surface area contributed by atoms with Crippen LogP contribution in [0.15, 0.2) is 0 Å². The Morgan fingerprint density at radius 3 is 2.38 bits per heavy atom. The van der Waals surface area contributed by atoms with Crippen LogP contribution in [0.2, 0.25) is 0 Å². The molecule has 3 heteroatoms. The van der Waals surface area contributed by atoms with Crippen molar-refractivity contribution in [3.8, 4) is 0 Å². The molecule has 2 aliphatic heterocycles. The highest BCUT2D eigenvalue weighted by atomic mass is 16.5. The minimum atomic E-state index is 0.330. The van der Waals surface area contributed by atoms with Crippen LogP contribution in [0.5, 0.6) is 0 Å². The third-order valence-electron chi connectivity index (χ3n) is 5.56. The van der Waals surface area contributed by atoms with Crippen LogP contribution in [0.4, 0.5) is 0 Å². The fraction of sp³-hybridized carbons (Fsp3) is 1.00. The zero-order valence-corrected chi connectivity index (χ0v) is 15.0. The van der Waals surface area contributed by atoms with E-state index in [1.807, 2.05) is 0 Å². The van der Waals surface area contributed by atoms with Crippen molar-refractivity contribution in [3.05, 3.63) is 0 Å². The second-order valence-electron chi connectivity index (χ2n) is 8.99. The molecule has 3 nitrogen and oxygen atoms in total. The summed E-state index contributed by atoms with van der Waals surface area (Å²) >= 11 is 0. The standard InChI is InChI=1S/C18H36N2O/c1-14(2)15-11-19-16(17(3,4)5)12-20(15)13-18(6)7-9-21-10-8-18/h14-16,19H,7-13H2,1-6H3. The van der Waals surface area contributed by atoms with Crippen molar-refractivity contribution >= 4 is 0 Å². The van der Waals surface area contributed by atoms with E-state index in [0.29, 0.717) is 28.8 Å². The molecule has 1 N–H and O–H groups in total. The molecule has 0 amide bonds. The monoisotopic (exact) mass is 296 g/mol. The molecule has 2 unspecified atom stereocenters. The highest BCUT2D eigenvalue weighted by molar-refractivity contribution is 4.95. The van der Waals surface area contributed by atoms with Crippen LogP contribution in [0.3, 0.4) is 0 Å². The van der Waals surface area contributed by atoms with Crippen LogP contribution in [-0.2, 0) is 4.74 Å². The van der Waals surface area contributed by atoms with Crippen molar-refractivity contribution in [2.24, 2.45) is 16.7 Å². The molecule has 0 aliphatic carbocycles. The van der Waals surface area contributed by atoms with Gasteiger partial charge in [-0.25, -0.2) is 0 Å². The molecule has 21 heavy (non-hydrogen) atoms. The summed E-state index contributed by atoms with van der Waals surface area (Å²) in [6.45, 7) is 19.7. The molecule has 0 aromatic heterocycles. The summed E-state index contributed by atoms with van der Waals surface area (Å²) in [6, 6.07) is 1.26. The lowest BCUT2D eigenvalue weighted by molar-refractivity contribution is -0.0235. The van der Waals surface area contributed by atoms with Gasteiger partial charge in [-0.2, -0.15) is 0 Å². The molecule has 124 valence electrons. The summed E-state index contributed by atoms with van der Waals surface area (Å²) in [5.41, 5.74) is 0.766. The first-order chi connectivity index (χ1) is 9.71. The Balaban J connectivity index is 2.06. The molecule has 0 radical (unpaired) electrons. The molecule has 0 aromatic rings. The summed E-state index contributed by atoms with van der Waals surface area (Å²) in [4.78, 5) is 2.78. The smallest absolute Gasteiger partial charge is 0.0471 e. The van der Waals surface area contributed by atoms with Crippen LogP contribution in [0.25, 0.3) is 0 Å². The quantitative estimate of drug-likeness (QED) is 0.866. The fourth-order valence-corrected chi connectivity index (χ4v) is 3.76. The van der Waals surface area contributed by atoms with E-state index in [2.05, 4.69) is 51.8 Å². The minimum Gasteiger partial charge on any atom is -0.381 e. The van der Waals surface area contributed by atoms with Gasteiger partial charge in [-0.15, -0.1) is 0 Å². The number of piperazine rings is 1. The van der Waals surface area contributed by atoms with E-state index in [4.69, 9.17) is 4.74 Å². The van der Waals surface area contributed by atoms with Crippen LogP contribution in [-0.4, -0.2) is 49.8 Å². The minimum absolute atomic E-state index is 0.330. The van der Waals surface area contributed by atoms with E-state index in [9.17, 15) is 0 Å². The molecule has 0 saturated carbocycles. The molecule has 2 aliphatic rings. The summed E-state index contributed by atoms with van der Waals surface area (Å²) in [6.07, 6.45) is 2.42. The maximum absolute atomic E-state index is 5.57. The van der Waals surface area contributed by atoms with Gasteiger partial charge in [0.2, 0.25) is 0 Å². The van der Waals surface area contributed by atoms with Gasteiger partial charge in [-0.1, -0.05) is 41.5 Å². The van der Waals surface area contributed by atoms with Gasteiger partial charge in [0.1, 0.15) is 0 Å². The van der Waals surface area contributed by atoms with E-state index in [0.717, 1.165) is 19.8 Å². The van der Waals surface area contributed by atoms with Crippen LogP contribution < -0.4 is 5.32 Å². The Bertz CT molecular complexity index is 329. The predicted octanol–water partition coefficient (Wildman–Crippen LogP) is 3.15.